The van der Waals surface area contributed by atoms with Gasteiger partial charge in [-0.1, -0.05) is 55.4 Å². The fourth-order valence-corrected chi connectivity index (χ4v) is 3.74. The zero-order valence-electron chi connectivity index (χ0n) is 19.2. The van der Waals surface area contributed by atoms with Crippen LogP contribution in [-0.4, -0.2) is 13.0 Å². The second kappa shape index (κ2) is 10.8. The van der Waals surface area contributed by atoms with Gasteiger partial charge in [-0.25, -0.2) is 0 Å². The maximum Gasteiger partial charge on any atom is 0.248 e. The van der Waals surface area contributed by atoms with E-state index in [0.29, 0.717) is 0 Å². The summed E-state index contributed by atoms with van der Waals surface area (Å²) in [5.74, 6) is 0.613. The van der Waals surface area contributed by atoms with Gasteiger partial charge in [0.05, 0.1) is 7.11 Å². The van der Waals surface area contributed by atoms with Crippen LogP contribution in [0.4, 0.5) is 5.69 Å². The van der Waals surface area contributed by atoms with E-state index >= 15 is 0 Å². The minimum absolute atomic E-state index is 0.148. The number of anilines is 1. The molecule has 1 amide bonds. The van der Waals surface area contributed by atoms with Crippen LogP contribution in [0.15, 0.2) is 83.0 Å². The largest absolute Gasteiger partial charge is 0.497 e. The summed E-state index contributed by atoms with van der Waals surface area (Å²) in [6.07, 6.45) is 15.8. The molecular formula is C27H35NO2. The van der Waals surface area contributed by atoms with Crippen LogP contribution in [0.3, 0.4) is 0 Å². The first-order valence-electron chi connectivity index (χ1n) is 10.6. The summed E-state index contributed by atoms with van der Waals surface area (Å²) in [7, 11) is 1.62. The van der Waals surface area contributed by atoms with Gasteiger partial charge in [0.1, 0.15) is 5.75 Å². The summed E-state index contributed by atoms with van der Waals surface area (Å²) >= 11 is 0. The fraction of sp³-hybridized carbons (Fsp3) is 0.370. The summed E-state index contributed by atoms with van der Waals surface area (Å²) in [6, 6.07) is 7.27. The molecule has 0 aliphatic heterocycles. The highest BCUT2D eigenvalue weighted by atomic mass is 16.5. The standard InChI is InChI=1S/C27H35NO2/c1-20(12-17-25-22(3)11-8-18-27(25,4)5)9-7-10-21(2)19-26(29)28-23-13-15-24(30-6)16-14-23/h7,9-10,12-17,19H,8,11,18H2,1-6H3,(H,28,29)/b10-7+,17-12+,20-9+,21-19-. The number of ether oxygens (including phenoxy) is 1. The molecular weight excluding hydrogens is 370 g/mol. The molecule has 160 valence electrons. The van der Waals surface area contributed by atoms with Gasteiger partial charge in [0.25, 0.3) is 0 Å². The van der Waals surface area contributed by atoms with Crippen LogP contribution < -0.4 is 10.1 Å². The van der Waals surface area contributed by atoms with Gasteiger partial charge in [-0.3, -0.25) is 4.79 Å². The Morgan fingerprint density at radius 1 is 1.10 bits per heavy atom. The van der Waals surface area contributed by atoms with Crippen molar-refractivity contribution in [3.8, 4) is 5.75 Å². The van der Waals surface area contributed by atoms with Gasteiger partial charge in [0.15, 0.2) is 0 Å². The van der Waals surface area contributed by atoms with Crippen molar-refractivity contribution in [2.45, 2.75) is 53.9 Å². The average Bonchev–Trinajstić information content (AvgIpc) is 2.67. The van der Waals surface area contributed by atoms with Crippen molar-refractivity contribution in [2.75, 3.05) is 12.4 Å². The molecule has 1 aromatic carbocycles. The number of nitrogens with one attached hydrogen (secondary N) is 1. The molecule has 0 saturated heterocycles. The average molecular weight is 406 g/mol. The van der Waals surface area contributed by atoms with Crippen molar-refractivity contribution in [1.82, 2.24) is 0 Å². The van der Waals surface area contributed by atoms with Gasteiger partial charge in [-0.2, -0.15) is 0 Å². The first-order valence-corrected chi connectivity index (χ1v) is 10.6. The molecule has 1 aliphatic carbocycles. The zero-order valence-corrected chi connectivity index (χ0v) is 19.2. The van der Waals surface area contributed by atoms with Gasteiger partial charge in [0.2, 0.25) is 5.91 Å². The van der Waals surface area contributed by atoms with E-state index in [1.54, 1.807) is 13.2 Å². The molecule has 0 unspecified atom stereocenters. The molecule has 0 radical (unpaired) electrons. The lowest BCUT2D eigenvalue weighted by Gasteiger charge is -2.32. The van der Waals surface area contributed by atoms with Crippen molar-refractivity contribution in [3.63, 3.8) is 0 Å². The van der Waals surface area contributed by atoms with Crippen LogP contribution in [-0.2, 0) is 4.79 Å². The molecule has 1 aromatic rings. The van der Waals surface area contributed by atoms with E-state index in [-0.39, 0.29) is 11.3 Å². The highest BCUT2D eigenvalue weighted by Gasteiger charge is 2.26. The second-order valence-corrected chi connectivity index (χ2v) is 8.64. The van der Waals surface area contributed by atoms with Crippen molar-refractivity contribution < 1.29 is 9.53 Å². The monoisotopic (exact) mass is 405 g/mol. The Labute approximate surface area is 181 Å². The second-order valence-electron chi connectivity index (χ2n) is 8.64. The van der Waals surface area contributed by atoms with E-state index in [9.17, 15) is 4.79 Å². The minimum Gasteiger partial charge on any atom is -0.497 e. The summed E-state index contributed by atoms with van der Waals surface area (Å²) in [5, 5.41) is 2.86. The van der Waals surface area contributed by atoms with E-state index < -0.39 is 0 Å². The lowest BCUT2D eigenvalue weighted by molar-refractivity contribution is -0.111. The van der Waals surface area contributed by atoms with Crippen LogP contribution in [0.25, 0.3) is 0 Å². The number of methoxy groups -OCH3 is 1. The molecule has 0 fully saturated rings. The Hall–Kier alpha value is -2.81. The SMILES string of the molecule is COc1ccc(NC(=O)\C=C(C)/C=C/C=C(C)/C=C/C2=C(C)CCCC2(C)C)cc1. The number of hydrogen-bond acceptors (Lipinski definition) is 2. The predicted molar refractivity (Wildman–Crippen MR) is 128 cm³/mol. The van der Waals surface area contributed by atoms with Crippen molar-refractivity contribution >= 4 is 11.6 Å². The third-order valence-corrected chi connectivity index (χ3v) is 5.49. The van der Waals surface area contributed by atoms with Gasteiger partial charge < -0.3 is 10.1 Å². The fourth-order valence-electron chi connectivity index (χ4n) is 3.74. The molecule has 0 aromatic heterocycles. The van der Waals surface area contributed by atoms with Crippen LogP contribution in [0.5, 0.6) is 5.75 Å². The number of benzene rings is 1. The summed E-state index contributed by atoms with van der Waals surface area (Å²) < 4.78 is 5.12. The maximum absolute atomic E-state index is 12.2. The first kappa shape index (κ1) is 23.5. The highest BCUT2D eigenvalue weighted by molar-refractivity contribution is 6.00. The summed E-state index contributed by atoms with van der Waals surface area (Å²) in [6.45, 7) is 10.9. The summed E-state index contributed by atoms with van der Waals surface area (Å²) in [4.78, 5) is 12.2. The Kier molecular flexibility index (Phi) is 8.46. The predicted octanol–water partition coefficient (Wildman–Crippen LogP) is 7.17. The molecule has 0 saturated carbocycles. The van der Waals surface area contributed by atoms with Gasteiger partial charge in [-0.15, -0.1) is 0 Å². The first-order chi connectivity index (χ1) is 14.2. The molecule has 3 heteroatoms. The van der Waals surface area contributed by atoms with E-state index in [2.05, 4.69) is 51.2 Å². The number of carbonyl (C=O) groups is 1. The quantitative estimate of drug-likeness (QED) is 0.386. The Morgan fingerprint density at radius 3 is 2.43 bits per heavy atom. The van der Waals surface area contributed by atoms with Crippen molar-refractivity contribution in [3.05, 3.63) is 83.0 Å². The zero-order chi connectivity index (χ0) is 22.1. The van der Waals surface area contributed by atoms with Crippen LogP contribution in [0.1, 0.15) is 53.9 Å². The normalized spacial score (nSPS) is 17.7. The van der Waals surface area contributed by atoms with E-state index in [0.717, 1.165) is 17.0 Å². The highest BCUT2D eigenvalue weighted by Crippen LogP contribution is 2.40. The maximum atomic E-state index is 12.2. The molecule has 0 spiro atoms. The van der Waals surface area contributed by atoms with E-state index in [1.807, 2.05) is 43.3 Å². The molecule has 1 N–H and O–H groups in total. The molecule has 0 heterocycles. The third-order valence-electron chi connectivity index (χ3n) is 5.49. The van der Waals surface area contributed by atoms with Gasteiger partial charge in [-0.05, 0) is 80.9 Å². The molecule has 3 nitrogen and oxygen atoms in total. The van der Waals surface area contributed by atoms with E-state index in [4.69, 9.17) is 4.74 Å². The molecule has 0 bridgehead atoms. The number of allylic oxidation sites excluding steroid dienone is 9. The number of carbonyl (C=O) groups excluding carboxylic acids is 1. The lowest BCUT2D eigenvalue weighted by Crippen LogP contribution is -2.19. The Balaban J connectivity index is 1.95. The molecule has 0 atom stereocenters. The van der Waals surface area contributed by atoms with Crippen molar-refractivity contribution in [2.24, 2.45) is 5.41 Å². The van der Waals surface area contributed by atoms with Crippen LogP contribution >= 0.6 is 0 Å². The van der Waals surface area contributed by atoms with Crippen molar-refractivity contribution in [1.29, 1.82) is 0 Å². The smallest absolute Gasteiger partial charge is 0.248 e. The van der Waals surface area contributed by atoms with Crippen LogP contribution in [0.2, 0.25) is 0 Å². The van der Waals surface area contributed by atoms with Crippen LogP contribution in [0, 0.1) is 5.41 Å². The number of hydrogen-bond donors (Lipinski definition) is 1. The Bertz CT molecular complexity index is 893. The number of amides is 1. The topological polar surface area (TPSA) is 38.3 Å². The lowest BCUT2D eigenvalue weighted by atomic mass is 9.72. The summed E-state index contributed by atoms with van der Waals surface area (Å²) in [5.41, 5.74) is 6.05. The minimum atomic E-state index is -0.148. The molecule has 30 heavy (non-hydrogen) atoms. The molecule has 2 rings (SSSR count). The number of rotatable bonds is 7. The van der Waals surface area contributed by atoms with Gasteiger partial charge >= 0.3 is 0 Å². The molecule has 1 aliphatic rings. The Morgan fingerprint density at radius 2 is 1.80 bits per heavy atom. The van der Waals surface area contributed by atoms with Gasteiger partial charge in [0, 0.05) is 11.8 Å². The van der Waals surface area contributed by atoms with E-state index in [1.165, 1.54) is 36.0 Å². The third kappa shape index (κ3) is 7.22.